The molecule has 1 saturated heterocycles. The molecule has 1 heterocycles. The van der Waals surface area contributed by atoms with Gasteiger partial charge in [0.2, 0.25) is 11.8 Å². The van der Waals surface area contributed by atoms with Gasteiger partial charge in [0, 0.05) is 33.6 Å². The Labute approximate surface area is 90.2 Å². The highest BCUT2D eigenvalue weighted by Gasteiger charge is 2.25. The summed E-state index contributed by atoms with van der Waals surface area (Å²) >= 11 is 0. The van der Waals surface area contributed by atoms with E-state index in [1.807, 2.05) is 0 Å². The fourth-order valence-corrected chi connectivity index (χ4v) is 1.68. The molecule has 15 heavy (non-hydrogen) atoms. The van der Waals surface area contributed by atoms with E-state index in [4.69, 9.17) is 0 Å². The molecule has 0 aromatic carbocycles. The van der Waals surface area contributed by atoms with Crippen molar-refractivity contribution in [3.05, 3.63) is 0 Å². The van der Waals surface area contributed by atoms with Crippen LogP contribution in [0.1, 0.15) is 12.8 Å². The summed E-state index contributed by atoms with van der Waals surface area (Å²) in [4.78, 5) is 24.4. The molecule has 1 unspecified atom stereocenters. The first-order valence-corrected chi connectivity index (χ1v) is 5.31. The average Bonchev–Trinajstić information content (AvgIpc) is 2.77. The summed E-state index contributed by atoms with van der Waals surface area (Å²) in [6.45, 7) is 2.18. The average molecular weight is 213 g/mol. The van der Waals surface area contributed by atoms with Gasteiger partial charge in [-0.05, 0) is 13.0 Å². The quantitative estimate of drug-likeness (QED) is 0.642. The predicted octanol–water partition coefficient (Wildman–Crippen LogP) is -0.810. The minimum atomic E-state index is -0.0285. The van der Waals surface area contributed by atoms with Gasteiger partial charge >= 0.3 is 0 Å². The molecule has 0 aromatic heterocycles. The van der Waals surface area contributed by atoms with E-state index in [1.54, 1.807) is 19.0 Å². The van der Waals surface area contributed by atoms with Crippen molar-refractivity contribution >= 4 is 11.8 Å². The topological polar surface area (TPSA) is 61.4 Å². The molecule has 0 saturated carbocycles. The van der Waals surface area contributed by atoms with E-state index in [2.05, 4.69) is 10.6 Å². The molecule has 0 radical (unpaired) electrons. The van der Waals surface area contributed by atoms with Gasteiger partial charge in [-0.15, -0.1) is 0 Å². The molecule has 0 aliphatic carbocycles. The molecule has 1 rings (SSSR count). The second-order valence-electron chi connectivity index (χ2n) is 3.87. The molecule has 86 valence electrons. The van der Waals surface area contributed by atoms with Crippen LogP contribution in [-0.2, 0) is 9.59 Å². The zero-order valence-corrected chi connectivity index (χ0v) is 9.38. The molecule has 0 bridgehead atoms. The molecule has 1 aliphatic rings. The van der Waals surface area contributed by atoms with E-state index in [0.717, 1.165) is 19.5 Å². The summed E-state index contributed by atoms with van der Waals surface area (Å²) in [7, 11) is 3.36. The third-order valence-electron chi connectivity index (χ3n) is 2.74. The minimum Gasteiger partial charge on any atom is -0.359 e. The van der Waals surface area contributed by atoms with Crippen molar-refractivity contribution in [2.24, 2.45) is 5.92 Å². The summed E-state index contributed by atoms with van der Waals surface area (Å²) in [6.07, 6.45) is 1.28. The Balaban J connectivity index is 2.29. The number of nitrogens with zero attached hydrogens (tertiary/aromatic N) is 1. The molecule has 0 aromatic rings. The van der Waals surface area contributed by atoms with Crippen molar-refractivity contribution in [2.45, 2.75) is 12.8 Å². The van der Waals surface area contributed by atoms with Crippen molar-refractivity contribution in [3.8, 4) is 0 Å². The predicted molar refractivity (Wildman–Crippen MR) is 57.3 cm³/mol. The van der Waals surface area contributed by atoms with Gasteiger partial charge in [0.15, 0.2) is 0 Å². The van der Waals surface area contributed by atoms with Crippen LogP contribution in [-0.4, -0.2) is 50.4 Å². The highest BCUT2D eigenvalue weighted by Crippen LogP contribution is 2.10. The van der Waals surface area contributed by atoms with Crippen LogP contribution >= 0.6 is 0 Å². The third-order valence-corrected chi connectivity index (χ3v) is 2.74. The van der Waals surface area contributed by atoms with Gasteiger partial charge in [-0.25, -0.2) is 0 Å². The van der Waals surface area contributed by atoms with Crippen LogP contribution in [0.15, 0.2) is 0 Å². The SMILES string of the molecule is CNC(=O)CCN(C)C(=O)C1CCNC1. The molecule has 1 fully saturated rings. The molecule has 1 aliphatic heterocycles. The summed E-state index contributed by atoms with van der Waals surface area (Å²) in [5, 5.41) is 5.70. The van der Waals surface area contributed by atoms with Gasteiger partial charge in [0.1, 0.15) is 0 Å². The Morgan fingerprint density at radius 3 is 2.80 bits per heavy atom. The lowest BCUT2D eigenvalue weighted by Crippen LogP contribution is -2.36. The van der Waals surface area contributed by atoms with Gasteiger partial charge in [-0.1, -0.05) is 0 Å². The maximum atomic E-state index is 11.8. The summed E-state index contributed by atoms with van der Waals surface area (Å²) in [6, 6.07) is 0. The van der Waals surface area contributed by atoms with Crippen LogP contribution < -0.4 is 10.6 Å². The molecular formula is C10H19N3O2. The number of rotatable bonds is 4. The zero-order valence-electron chi connectivity index (χ0n) is 9.38. The highest BCUT2D eigenvalue weighted by atomic mass is 16.2. The number of carbonyl (C=O) groups is 2. The van der Waals surface area contributed by atoms with Crippen LogP contribution in [0.25, 0.3) is 0 Å². The van der Waals surface area contributed by atoms with E-state index in [1.165, 1.54) is 0 Å². The summed E-state index contributed by atoms with van der Waals surface area (Å²) in [5.41, 5.74) is 0. The van der Waals surface area contributed by atoms with Gasteiger partial charge in [0.25, 0.3) is 0 Å². The smallest absolute Gasteiger partial charge is 0.226 e. The van der Waals surface area contributed by atoms with Crippen molar-refractivity contribution in [3.63, 3.8) is 0 Å². The van der Waals surface area contributed by atoms with E-state index in [0.29, 0.717) is 13.0 Å². The van der Waals surface area contributed by atoms with Gasteiger partial charge in [-0.2, -0.15) is 0 Å². The van der Waals surface area contributed by atoms with E-state index >= 15 is 0 Å². The minimum absolute atomic E-state index is 0.0285. The maximum absolute atomic E-state index is 11.8. The van der Waals surface area contributed by atoms with E-state index in [-0.39, 0.29) is 17.7 Å². The molecule has 5 nitrogen and oxygen atoms in total. The lowest BCUT2D eigenvalue weighted by atomic mass is 10.1. The van der Waals surface area contributed by atoms with Crippen molar-refractivity contribution < 1.29 is 9.59 Å². The van der Waals surface area contributed by atoms with Crippen LogP contribution in [0, 0.1) is 5.92 Å². The first-order chi connectivity index (χ1) is 7.15. The standard InChI is InChI=1S/C10H19N3O2/c1-11-9(14)4-6-13(2)10(15)8-3-5-12-7-8/h8,12H,3-7H2,1-2H3,(H,11,14). The monoisotopic (exact) mass is 213 g/mol. The molecule has 2 N–H and O–H groups in total. The van der Waals surface area contributed by atoms with Crippen molar-refractivity contribution in [1.82, 2.24) is 15.5 Å². The maximum Gasteiger partial charge on any atom is 0.226 e. The van der Waals surface area contributed by atoms with Gasteiger partial charge in [-0.3, -0.25) is 9.59 Å². The lowest BCUT2D eigenvalue weighted by molar-refractivity contribution is -0.134. The molecule has 0 spiro atoms. The van der Waals surface area contributed by atoms with E-state index in [9.17, 15) is 9.59 Å². The first-order valence-electron chi connectivity index (χ1n) is 5.31. The van der Waals surface area contributed by atoms with Crippen LogP contribution in [0.5, 0.6) is 0 Å². The summed E-state index contributed by atoms with van der Waals surface area (Å²) < 4.78 is 0. The molecule has 5 heteroatoms. The number of hydrogen-bond donors (Lipinski definition) is 2. The fraction of sp³-hybridized carbons (Fsp3) is 0.800. The normalized spacial score (nSPS) is 20.0. The highest BCUT2D eigenvalue weighted by molar-refractivity contribution is 5.80. The Morgan fingerprint density at radius 2 is 2.27 bits per heavy atom. The molecule has 1 atom stereocenters. The molecular weight excluding hydrogens is 194 g/mol. The Morgan fingerprint density at radius 1 is 1.53 bits per heavy atom. The second kappa shape index (κ2) is 5.70. The first kappa shape index (κ1) is 12.0. The Bertz CT molecular complexity index is 237. The summed E-state index contributed by atoms with van der Waals surface area (Å²) in [5.74, 6) is 0.211. The number of hydrogen-bond acceptors (Lipinski definition) is 3. The van der Waals surface area contributed by atoms with Gasteiger partial charge in [0.05, 0.1) is 5.92 Å². The fourth-order valence-electron chi connectivity index (χ4n) is 1.68. The third kappa shape index (κ3) is 3.51. The van der Waals surface area contributed by atoms with Crippen molar-refractivity contribution in [1.29, 1.82) is 0 Å². The Hall–Kier alpha value is -1.10. The number of carbonyl (C=O) groups excluding carboxylic acids is 2. The van der Waals surface area contributed by atoms with Crippen LogP contribution in [0.4, 0.5) is 0 Å². The number of amides is 2. The largest absolute Gasteiger partial charge is 0.359 e. The second-order valence-corrected chi connectivity index (χ2v) is 3.87. The van der Waals surface area contributed by atoms with Gasteiger partial charge < -0.3 is 15.5 Å². The lowest BCUT2D eigenvalue weighted by Gasteiger charge is -2.20. The van der Waals surface area contributed by atoms with Crippen LogP contribution in [0.2, 0.25) is 0 Å². The zero-order chi connectivity index (χ0) is 11.3. The molecule has 2 amide bonds. The van der Waals surface area contributed by atoms with Crippen LogP contribution in [0.3, 0.4) is 0 Å². The van der Waals surface area contributed by atoms with Crippen molar-refractivity contribution in [2.75, 3.05) is 33.7 Å². The number of nitrogens with one attached hydrogen (secondary N) is 2. The Kier molecular flexibility index (Phi) is 4.55. The van der Waals surface area contributed by atoms with E-state index < -0.39 is 0 Å².